The van der Waals surface area contributed by atoms with Crippen LogP contribution in [0.25, 0.3) is 0 Å². The molecule has 0 amide bonds. The Balaban J connectivity index is 1.42. The second kappa shape index (κ2) is 6.33. The molecule has 1 saturated carbocycles. The van der Waals surface area contributed by atoms with Gasteiger partial charge in [0, 0.05) is 22.3 Å². The van der Waals surface area contributed by atoms with E-state index < -0.39 is 0 Å². The van der Waals surface area contributed by atoms with Crippen molar-refractivity contribution in [2.75, 3.05) is 0 Å². The van der Waals surface area contributed by atoms with Crippen LogP contribution in [-0.4, -0.2) is 6.04 Å². The summed E-state index contributed by atoms with van der Waals surface area (Å²) in [4.78, 5) is 2.72. The molecule has 0 spiro atoms. The van der Waals surface area contributed by atoms with E-state index in [1.165, 1.54) is 28.2 Å². The fourth-order valence-corrected chi connectivity index (χ4v) is 2.88. The van der Waals surface area contributed by atoms with Gasteiger partial charge in [-0.1, -0.05) is 30.3 Å². The lowest BCUT2D eigenvalue weighted by Crippen LogP contribution is -2.14. The molecule has 100 valence electrons. The van der Waals surface area contributed by atoms with Gasteiger partial charge in [-0.3, -0.25) is 0 Å². The minimum atomic E-state index is 0.689. The maximum Gasteiger partial charge on any atom is 0.0814 e. The summed E-state index contributed by atoms with van der Waals surface area (Å²) in [5, 5.41) is 3.54. The van der Waals surface area contributed by atoms with Crippen LogP contribution in [0.2, 0.25) is 0 Å². The molecule has 2 nitrogen and oxygen atoms in total. The topological polar surface area (TPSA) is 21.3 Å². The Labute approximate surface area is 118 Å². The van der Waals surface area contributed by atoms with Gasteiger partial charge < -0.3 is 10.1 Å². The van der Waals surface area contributed by atoms with Gasteiger partial charge in [0.1, 0.15) is 0 Å². The maximum absolute atomic E-state index is 5.75. The van der Waals surface area contributed by atoms with E-state index in [0.717, 1.165) is 12.6 Å². The molecule has 0 atom stereocenters. The first-order valence-corrected chi connectivity index (χ1v) is 7.64. The zero-order chi connectivity index (χ0) is 12.9. The van der Waals surface area contributed by atoms with Gasteiger partial charge >= 0.3 is 0 Å². The van der Waals surface area contributed by atoms with Gasteiger partial charge in [-0.05, 0) is 30.5 Å². The molecule has 1 heterocycles. The van der Waals surface area contributed by atoms with Gasteiger partial charge in [-0.25, -0.2) is 0 Å². The predicted molar refractivity (Wildman–Crippen MR) is 79.1 cm³/mol. The molecule has 1 aliphatic carbocycles. The van der Waals surface area contributed by atoms with E-state index in [4.69, 9.17) is 4.74 Å². The Bertz CT molecular complexity index is 504. The van der Waals surface area contributed by atoms with Gasteiger partial charge in [0.2, 0.25) is 0 Å². The van der Waals surface area contributed by atoms with E-state index in [2.05, 4.69) is 29.6 Å². The molecular weight excluding hydrogens is 254 g/mol. The van der Waals surface area contributed by atoms with Crippen LogP contribution in [-0.2, 0) is 24.5 Å². The van der Waals surface area contributed by atoms with Crippen molar-refractivity contribution in [3.8, 4) is 0 Å². The van der Waals surface area contributed by atoms with Crippen LogP contribution in [0.5, 0.6) is 0 Å². The summed E-state index contributed by atoms with van der Waals surface area (Å²) < 4.78 is 5.75. The Kier molecular flexibility index (Phi) is 4.28. The van der Waals surface area contributed by atoms with Crippen molar-refractivity contribution >= 4 is 11.3 Å². The van der Waals surface area contributed by atoms with E-state index >= 15 is 0 Å². The number of benzene rings is 1. The molecular formula is C16H19NOS. The zero-order valence-electron chi connectivity index (χ0n) is 11.0. The lowest BCUT2D eigenvalue weighted by Gasteiger charge is -2.02. The van der Waals surface area contributed by atoms with Crippen molar-refractivity contribution in [3.05, 3.63) is 57.8 Å². The fourth-order valence-electron chi connectivity index (χ4n) is 1.97. The molecule has 3 rings (SSSR count). The minimum absolute atomic E-state index is 0.689. The van der Waals surface area contributed by atoms with Gasteiger partial charge in [-0.2, -0.15) is 0 Å². The highest BCUT2D eigenvalue weighted by Gasteiger charge is 2.20. The highest BCUT2D eigenvalue weighted by Crippen LogP contribution is 2.22. The van der Waals surface area contributed by atoms with Gasteiger partial charge in [0.05, 0.1) is 13.2 Å². The first-order chi connectivity index (χ1) is 9.40. The van der Waals surface area contributed by atoms with Crippen LogP contribution in [0.4, 0.5) is 0 Å². The summed E-state index contributed by atoms with van der Waals surface area (Å²) >= 11 is 1.85. The molecule has 0 bridgehead atoms. The Hall–Kier alpha value is -1.16. The molecule has 1 fully saturated rings. The number of rotatable bonds is 7. The molecule has 0 saturated heterocycles. The molecule has 1 aromatic carbocycles. The lowest BCUT2D eigenvalue weighted by atomic mass is 10.2. The van der Waals surface area contributed by atoms with Crippen molar-refractivity contribution in [1.29, 1.82) is 0 Å². The smallest absolute Gasteiger partial charge is 0.0814 e. The minimum Gasteiger partial charge on any atom is -0.371 e. The molecule has 0 aliphatic heterocycles. The molecule has 1 aliphatic rings. The average Bonchev–Trinajstić information content (AvgIpc) is 3.17. The Morgan fingerprint density at radius 3 is 2.58 bits per heavy atom. The van der Waals surface area contributed by atoms with Crippen LogP contribution in [0.1, 0.15) is 28.2 Å². The van der Waals surface area contributed by atoms with Crippen LogP contribution < -0.4 is 5.32 Å². The van der Waals surface area contributed by atoms with Gasteiger partial charge in [-0.15, -0.1) is 11.3 Å². The number of hydrogen-bond donors (Lipinski definition) is 1. The van der Waals surface area contributed by atoms with E-state index in [1.54, 1.807) is 0 Å². The number of ether oxygens (including phenoxy) is 1. The van der Waals surface area contributed by atoms with E-state index in [-0.39, 0.29) is 0 Å². The first kappa shape index (κ1) is 12.9. The highest BCUT2D eigenvalue weighted by molar-refractivity contribution is 7.11. The Morgan fingerprint density at radius 1 is 1.00 bits per heavy atom. The van der Waals surface area contributed by atoms with E-state index in [1.807, 2.05) is 29.5 Å². The molecule has 19 heavy (non-hydrogen) atoms. The fraction of sp³-hybridized carbons (Fsp3) is 0.375. The van der Waals surface area contributed by atoms with Crippen LogP contribution >= 0.6 is 11.3 Å². The molecule has 3 heteroatoms. The summed E-state index contributed by atoms with van der Waals surface area (Å²) in [6, 6.07) is 15.5. The second-order valence-corrected chi connectivity index (χ2v) is 6.25. The van der Waals surface area contributed by atoms with E-state index in [9.17, 15) is 0 Å². The standard InChI is InChI=1S/C16H19NOS/c1-2-4-13(5-3-1)11-18-12-16-9-8-15(19-16)10-17-14-6-7-14/h1-5,8-9,14,17H,6-7,10-12H2. The monoisotopic (exact) mass is 273 g/mol. The summed E-state index contributed by atoms with van der Waals surface area (Å²) in [7, 11) is 0. The first-order valence-electron chi connectivity index (χ1n) is 6.83. The molecule has 1 N–H and O–H groups in total. The number of hydrogen-bond acceptors (Lipinski definition) is 3. The third kappa shape index (κ3) is 4.16. The summed E-state index contributed by atoms with van der Waals surface area (Å²) in [5.74, 6) is 0. The molecule has 0 radical (unpaired) electrons. The third-order valence-electron chi connectivity index (χ3n) is 3.22. The van der Waals surface area contributed by atoms with Crippen LogP contribution in [0.15, 0.2) is 42.5 Å². The highest BCUT2D eigenvalue weighted by atomic mass is 32.1. The summed E-state index contributed by atoms with van der Waals surface area (Å²) in [5.41, 5.74) is 1.23. The average molecular weight is 273 g/mol. The zero-order valence-corrected chi connectivity index (χ0v) is 11.8. The number of thiophene rings is 1. The van der Waals surface area contributed by atoms with Crippen LogP contribution in [0.3, 0.4) is 0 Å². The van der Waals surface area contributed by atoms with Crippen LogP contribution in [0, 0.1) is 0 Å². The Morgan fingerprint density at radius 2 is 1.79 bits per heavy atom. The van der Waals surface area contributed by atoms with Gasteiger partial charge in [0.25, 0.3) is 0 Å². The molecule has 1 aromatic heterocycles. The number of nitrogens with one attached hydrogen (secondary N) is 1. The van der Waals surface area contributed by atoms with Crippen molar-refractivity contribution in [2.45, 2.75) is 38.6 Å². The summed E-state index contributed by atoms with van der Waals surface area (Å²) in [6.45, 7) is 2.41. The van der Waals surface area contributed by atoms with Crippen molar-refractivity contribution in [2.24, 2.45) is 0 Å². The molecule has 2 aromatic rings. The van der Waals surface area contributed by atoms with E-state index in [0.29, 0.717) is 13.2 Å². The SMILES string of the molecule is c1ccc(COCc2ccc(CNC3CC3)s2)cc1. The largest absolute Gasteiger partial charge is 0.371 e. The van der Waals surface area contributed by atoms with Crippen molar-refractivity contribution in [3.63, 3.8) is 0 Å². The van der Waals surface area contributed by atoms with Crippen molar-refractivity contribution in [1.82, 2.24) is 5.32 Å². The maximum atomic E-state index is 5.75. The lowest BCUT2D eigenvalue weighted by molar-refractivity contribution is 0.109. The molecule has 0 unspecified atom stereocenters. The second-order valence-electron chi connectivity index (χ2n) is 5.00. The van der Waals surface area contributed by atoms with Crippen molar-refractivity contribution < 1.29 is 4.74 Å². The van der Waals surface area contributed by atoms with Gasteiger partial charge in [0.15, 0.2) is 0 Å². The normalized spacial score (nSPS) is 14.7. The quantitative estimate of drug-likeness (QED) is 0.830. The summed E-state index contributed by atoms with van der Waals surface area (Å²) in [6.07, 6.45) is 2.69. The third-order valence-corrected chi connectivity index (χ3v) is 4.27. The predicted octanol–water partition coefficient (Wildman–Crippen LogP) is 3.72.